The molecule has 1 unspecified atom stereocenters. The molecule has 3 aromatic rings. The van der Waals surface area contributed by atoms with Crippen LogP contribution in [-0.4, -0.2) is 86.9 Å². The molecule has 1 aromatic carbocycles. The van der Waals surface area contributed by atoms with Crippen LogP contribution < -0.4 is 25.6 Å². The Morgan fingerprint density at radius 2 is 1.87 bits per heavy atom. The number of piperazine rings is 1. The summed E-state index contributed by atoms with van der Waals surface area (Å²) in [6.07, 6.45) is -0.616. The van der Waals surface area contributed by atoms with Crippen molar-refractivity contribution in [1.82, 2.24) is 29.8 Å². The number of rotatable bonds is 7. The van der Waals surface area contributed by atoms with Crippen LogP contribution in [0, 0.1) is 22.7 Å². The van der Waals surface area contributed by atoms with E-state index >= 15 is 0 Å². The van der Waals surface area contributed by atoms with E-state index in [2.05, 4.69) is 26.5 Å². The number of carbonyl (C=O) groups is 3. The summed E-state index contributed by atoms with van der Waals surface area (Å²) in [5.74, 6) is -1.17. The van der Waals surface area contributed by atoms with E-state index in [4.69, 9.17) is 26.8 Å². The molecule has 2 aromatic heterocycles. The van der Waals surface area contributed by atoms with Crippen molar-refractivity contribution in [2.45, 2.75) is 46.3 Å². The van der Waals surface area contributed by atoms with Crippen molar-refractivity contribution < 1.29 is 23.9 Å². The van der Waals surface area contributed by atoms with Gasteiger partial charge in [-0.2, -0.15) is 20.0 Å². The highest BCUT2D eigenvalue weighted by molar-refractivity contribution is 6.36. The van der Waals surface area contributed by atoms with Crippen LogP contribution in [0.4, 0.5) is 26.9 Å². The molecule has 17 heteroatoms. The number of halogens is 1. The average Bonchev–Trinajstić information content (AvgIpc) is 3.40. The Labute approximate surface area is 263 Å². The maximum Gasteiger partial charge on any atom is 0.422 e. The molecule has 1 fully saturated rings. The molecule has 0 saturated carbocycles. The normalized spacial score (nSPS) is 14.3. The minimum Gasteiger partial charge on any atom is -0.443 e. The molecule has 3 amide bonds. The van der Waals surface area contributed by atoms with Crippen LogP contribution in [0.3, 0.4) is 0 Å². The molecule has 3 N–H and O–H groups in total. The van der Waals surface area contributed by atoms with E-state index in [0.29, 0.717) is 31.9 Å². The number of benzene rings is 1. The average molecular weight is 638 g/mol. The smallest absolute Gasteiger partial charge is 0.422 e. The van der Waals surface area contributed by atoms with Crippen molar-refractivity contribution in [2.75, 3.05) is 42.5 Å². The minimum absolute atomic E-state index is 0.00478. The molecule has 4 rings (SSSR count). The predicted octanol–water partition coefficient (Wildman–Crippen LogP) is 2.70. The Morgan fingerprint density at radius 3 is 2.44 bits per heavy atom. The minimum atomic E-state index is -0.984. The zero-order chi connectivity index (χ0) is 33.1. The van der Waals surface area contributed by atoms with Crippen molar-refractivity contribution in [1.29, 1.82) is 10.5 Å². The largest absolute Gasteiger partial charge is 0.443 e. The highest BCUT2D eigenvalue weighted by Crippen LogP contribution is 2.40. The number of hydrogen-bond acceptors (Lipinski definition) is 12. The number of amides is 3. The fourth-order valence-electron chi connectivity index (χ4n) is 4.53. The Bertz CT molecular complexity index is 1710. The number of aromatic nitrogens is 4. The first-order chi connectivity index (χ1) is 21.3. The fourth-order valence-corrected chi connectivity index (χ4v) is 4.84. The molecule has 0 aliphatic carbocycles. The van der Waals surface area contributed by atoms with Crippen molar-refractivity contribution in [2.24, 2.45) is 5.73 Å². The van der Waals surface area contributed by atoms with Crippen molar-refractivity contribution in [3.05, 3.63) is 34.6 Å². The lowest BCUT2D eigenvalue weighted by atomic mass is 10.1. The van der Waals surface area contributed by atoms with Crippen LogP contribution >= 0.6 is 11.6 Å². The van der Waals surface area contributed by atoms with Gasteiger partial charge in [-0.25, -0.2) is 19.5 Å². The highest BCUT2D eigenvalue weighted by Gasteiger charge is 2.33. The summed E-state index contributed by atoms with van der Waals surface area (Å²) in [5.41, 5.74) is 4.99. The van der Waals surface area contributed by atoms with Gasteiger partial charge in [0.25, 0.3) is 11.8 Å². The molecule has 1 atom stereocenters. The van der Waals surface area contributed by atoms with Crippen LogP contribution in [0.15, 0.2) is 18.3 Å². The number of fused-ring (bicyclic) bond motifs is 1. The van der Waals surface area contributed by atoms with Gasteiger partial charge in [0.2, 0.25) is 11.6 Å². The summed E-state index contributed by atoms with van der Waals surface area (Å²) >= 11 is 6.99. The topological polar surface area (TPSA) is 208 Å². The second-order valence-electron chi connectivity index (χ2n) is 11.0. The van der Waals surface area contributed by atoms with Crippen molar-refractivity contribution in [3.8, 4) is 18.0 Å². The lowest BCUT2D eigenvalue weighted by Gasteiger charge is -2.39. The number of nitrogens with zero attached hydrogens (tertiary/aromatic N) is 9. The Balaban J connectivity index is 1.89. The van der Waals surface area contributed by atoms with E-state index in [9.17, 15) is 24.9 Å². The van der Waals surface area contributed by atoms with Crippen LogP contribution in [0.1, 0.15) is 45.9 Å². The van der Waals surface area contributed by atoms with Crippen LogP contribution in [-0.2, 0) is 9.53 Å². The summed E-state index contributed by atoms with van der Waals surface area (Å²) in [5, 5.41) is 26.5. The second-order valence-corrected chi connectivity index (χ2v) is 11.4. The standard InChI is InChI=1S/C28H32ClN11O5/c1-6-33-26(42)44-24-23-34-15-18(14-31)40(23)36-25(35-24)39(27(43)45-28(3,4)5)20-12-17(13-30)11-19(21(20)29)38-9-7-37(8-10-38)16(2)22(32)41/h11-12,15-16H,6-10H2,1-5H3,(H2,32,41)(H,33,42). The summed E-state index contributed by atoms with van der Waals surface area (Å²) in [6, 6.07) is 6.53. The molecule has 1 aliphatic rings. The molecule has 236 valence electrons. The zero-order valence-corrected chi connectivity index (χ0v) is 26.1. The number of nitrogens with one attached hydrogen (secondary N) is 1. The van der Waals surface area contributed by atoms with Crippen molar-refractivity contribution >= 4 is 52.7 Å². The van der Waals surface area contributed by atoms with Gasteiger partial charge < -0.3 is 25.4 Å². The molecule has 1 saturated heterocycles. The summed E-state index contributed by atoms with van der Waals surface area (Å²) in [7, 11) is 0. The quantitative estimate of drug-likeness (QED) is 0.383. The number of imidazole rings is 1. The van der Waals surface area contributed by atoms with Crippen LogP contribution in [0.25, 0.3) is 5.65 Å². The molecule has 16 nitrogen and oxygen atoms in total. The van der Waals surface area contributed by atoms with Gasteiger partial charge in [-0.05, 0) is 46.8 Å². The first-order valence-electron chi connectivity index (χ1n) is 13.9. The summed E-state index contributed by atoms with van der Waals surface area (Å²) in [6.45, 7) is 10.5. The maximum atomic E-state index is 13.9. The summed E-state index contributed by atoms with van der Waals surface area (Å²) in [4.78, 5) is 51.2. The third kappa shape index (κ3) is 7.14. The van der Waals surface area contributed by atoms with Gasteiger partial charge in [0, 0.05) is 32.7 Å². The third-order valence-corrected chi connectivity index (χ3v) is 7.13. The SMILES string of the molecule is CCNC(=O)Oc1nc(N(C(=O)OC(C)(C)C)c2cc(C#N)cc(N3CCN(C(C)C(N)=O)CC3)c2Cl)nn2c(C#N)cnc12. The Hall–Kier alpha value is -5.19. The van der Waals surface area contributed by atoms with Crippen LogP contribution in [0.5, 0.6) is 5.88 Å². The molecule has 45 heavy (non-hydrogen) atoms. The van der Waals surface area contributed by atoms with E-state index in [1.165, 1.54) is 12.3 Å². The zero-order valence-electron chi connectivity index (χ0n) is 25.4. The van der Waals surface area contributed by atoms with Gasteiger partial charge in [0.1, 0.15) is 11.7 Å². The first kappa shape index (κ1) is 32.7. The van der Waals surface area contributed by atoms with Gasteiger partial charge in [0.05, 0.1) is 40.3 Å². The lowest BCUT2D eigenvalue weighted by molar-refractivity contribution is -0.122. The monoisotopic (exact) mass is 637 g/mol. The van der Waals surface area contributed by atoms with Gasteiger partial charge in [-0.3, -0.25) is 9.69 Å². The Kier molecular flexibility index (Phi) is 9.60. The second kappa shape index (κ2) is 13.2. The van der Waals surface area contributed by atoms with Gasteiger partial charge in [-0.1, -0.05) is 11.6 Å². The molecule has 3 heterocycles. The number of primary amides is 1. The molecular weight excluding hydrogens is 606 g/mol. The first-order valence-corrected chi connectivity index (χ1v) is 14.3. The van der Waals surface area contributed by atoms with Crippen LogP contribution in [0.2, 0.25) is 5.02 Å². The third-order valence-electron chi connectivity index (χ3n) is 6.74. The summed E-state index contributed by atoms with van der Waals surface area (Å²) < 4.78 is 12.1. The Morgan fingerprint density at radius 1 is 1.18 bits per heavy atom. The lowest BCUT2D eigenvalue weighted by Crippen LogP contribution is -2.53. The number of ether oxygens (including phenoxy) is 2. The fraction of sp³-hybridized carbons (Fsp3) is 0.429. The number of nitrogens with two attached hydrogens (primary N) is 1. The van der Waals surface area contributed by atoms with Gasteiger partial charge >= 0.3 is 12.2 Å². The molecule has 1 aliphatic heterocycles. The van der Waals surface area contributed by atoms with Gasteiger partial charge in [0.15, 0.2) is 5.69 Å². The molecule has 0 bridgehead atoms. The molecule has 0 radical (unpaired) electrons. The molecular formula is C28H32ClN11O5. The number of anilines is 3. The van der Waals surface area contributed by atoms with E-state index in [-0.39, 0.29) is 46.0 Å². The maximum absolute atomic E-state index is 13.9. The predicted molar refractivity (Wildman–Crippen MR) is 162 cm³/mol. The number of carbonyl (C=O) groups excluding carboxylic acids is 3. The number of nitriles is 2. The number of hydrogen-bond donors (Lipinski definition) is 2. The van der Waals surface area contributed by atoms with Gasteiger partial charge in [-0.15, -0.1) is 5.10 Å². The van der Waals surface area contributed by atoms with Crippen molar-refractivity contribution in [3.63, 3.8) is 0 Å². The van der Waals surface area contributed by atoms with E-state index in [1.807, 2.05) is 15.9 Å². The molecule has 0 spiro atoms. The van der Waals surface area contributed by atoms with E-state index in [0.717, 1.165) is 9.42 Å². The highest BCUT2D eigenvalue weighted by atomic mass is 35.5. The van der Waals surface area contributed by atoms with E-state index < -0.39 is 29.7 Å². The van der Waals surface area contributed by atoms with E-state index in [1.54, 1.807) is 40.7 Å².